The topological polar surface area (TPSA) is 53.5 Å². The molecule has 0 aromatic heterocycles. The second kappa shape index (κ2) is 1.59. The highest BCUT2D eigenvalue weighted by molar-refractivity contribution is 5.82. The van der Waals surface area contributed by atoms with Gasteiger partial charge in [-0.2, -0.15) is 0 Å². The fourth-order valence-electron chi connectivity index (χ4n) is 0.326. The van der Waals surface area contributed by atoms with E-state index in [-0.39, 0.29) is 12.5 Å². The van der Waals surface area contributed by atoms with Crippen LogP contribution in [0.4, 0.5) is 0 Å². The third kappa shape index (κ3) is 0.887. The number of hydrogen-bond donors (Lipinski definition) is 2. The number of amides is 1. The van der Waals surface area contributed by atoms with Gasteiger partial charge in [-0.05, 0) is 0 Å². The number of hydrogen-bond acceptors (Lipinski definition) is 3. The summed E-state index contributed by atoms with van der Waals surface area (Å²) in [5, 5.41) is 0. The van der Waals surface area contributed by atoms with Crippen LogP contribution in [0.2, 0.25) is 0 Å². The van der Waals surface area contributed by atoms with Crippen molar-refractivity contribution in [2.24, 2.45) is 4.99 Å². The lowest BCUT2D eigenvalue weighted by atomic mass is 10.6. The first-order chi connectivity index (χ1) is 3.39. The number of aliphatic imine (C=N–C) groups is 1. The fourth-order valence-corrected chi connectivity index (χ4v) is 0.326. The second-order valence-corrected chi connectivity index (χ2v) is 1.16. The summed E-state index contributed by atoms with van der Waals surface area (Å²) in [6, 6.07) is 0. The molecule has 7 heavy (non-hydrogen) atoms. The molecule has 0 bridgehead atoms. The van der Waals surface area contributed by atoms with Crippen LogP contribution in [0.3, 0.4) is 0 Å². The molecule has 1 rings (SSSR count). The minimum absolute atomic E-state index is 0.0949. The monoisotopic (exact) mass is 99.0 g/mol. The van der Waals surface area contributed by atoms with Gasteiger partial charge in [0.1, 0.15) is 12.9 Å². The van der Waals surface area contributed by atoms with E-state index in [4.69, 9.17) is 0 Å². The molecule has 0 radical (unpaired) electrons. The van der Waals surface area contributed by atoms with E-state index in [1.807, 2.05) is 0 Å². The third-order valence-electron chi connectivity index (χ3n) is 0.602. The Morgan fingerprint density at radius 3 is 3.00 bits per heavy atom. The summed E-state index contributed by atoms with van der Waals surface area (Å²) >= 11 is 0. The van der Waals surface area contributed by atoms with Crippen molar-refractivity contribution < 1.29 is 4.79 Å². The van der Waals surface area contributed by atoms with Gasteiger partial charge >= 0.3 is 0 Å². The standard InChI is InChI=1S/C3H5N3O/c7-3-1-4-2-5-6-3/h2H,1H2,(H,4,5)(H,6,7). The molecule has 0 aromatic rings. The molecule has 0 aromatic carbocycles. The summed E-state index contributed by atoms with van der Waals surface area (Å²) in [5.41, 5.74) is 4.79. The minimum atomic E-state index is -0.0949. The minimum Gasteiger partial charge on any atom is -0.288 e. The maximum absolute atomic E-state index is 10.2. The Labute approximate surface area is 40.6 Å². The first-order valence-electron chi connectivity index (χ1n) is 1.92. The molecule has 0 fully saturated rings. The summed E-state index contributed by atoms with van der Waals surface area (Å²) in [6.07, 6.45) is 1.45. The Morgan fingerprint density at radius 1 is 1.86 bits per heavy atom. The SMILES string of the molecule is O=C1CN=CNN1. The summed E-state index contributed by atoms with van der Waals surface area (Å²) in [6.45, 7) is 0.243. The molecule has 0 atom stereocenters. The summed E-state index contributed by atoms with van der Waals surface area (Å²) in [5.74, 6) is -0.0949. The fraction of sp³-hybridized carbons (Fsp3) is 0.333. The van der Waals surface area contributed by atoms with Gasteiger partial charge in [-0.1, -0.05) is 0 Å². The van der Waals surface area contributed by atoms with E-state index in [0.717, 1.165) is 0 Å². The van der Waals surface area contributed by atoms with Crippen molar-refractivity contribution in [3.05, 3.63) is 0 Å². The zero-order chi connectivity index (χ0) is 5.11. The molecule has 4 heteroatoms. The molecule has 38 valence electrons. The number of rotatable bonds is 0. The van der Waals surface area contributed by atoms with Crippen LogP contribution in [0.15, 0.2) is 4.99 Å². The Hall–Kier alpha value is -1.06. The second-order valence-electron chi connectivity index (χ2n) is 1.16. The molecule has 0 unspecified atom stereocenters. The highest BCUT2D eigenvalue weighted by Gasteiger charge is 1.97. The van der Waals surface area contributed by atoms with Gasteiger partial charge in [0.2, 0.25) is 0 Å². The van der Waals surface area contributed by atoms with Gasteiger partial charge < -0.3 is 0 Å². The Kier molecular flexibility index (Phi) is 0.934. The quantitative estimate of drug-likeness (QED) is 0.394. The van der Waals surface area contributed by atoms with Crippen LogP contribution < -0.4 is 10.9 Å². The number of carbonyl (C=O) groups excluding carboxylic acids is 1. The largest absolute Gasteiger partial charge is 0.288 e. The van der Waals surface area contributed by atoms with E-state index in [2.05, 4.69) is 15.8 Å². The van der Waals surface area contributed by atoms with Crippen LogP contribution in [0, 0.1) is 0 Å². The van der Waals surface area contributed by atoms with Crippen molar-refractivity contribution >= 4 is 12.2 Å². The average Bonchev–Trinajstić information content (AvgIpc) is 1.69. The normalized spacial score (nSPS) is 18.0. The molecule has 1 aliphatic rings. The zero-order valence-corrected chi connectivity index (χ0v) is 3.64. The van der Waals surface area contributed by atoms with E-state index < -0.39 is 0 Å². The molecule has 0 saturated heterocycles. The van der Waals surface area contributed by atoms with E-state index >= 15 is 0 Å². The van der Waals surface area contributed by atoms with E-state index in [1.54, 1.807) is 0 Å². The van der Waals surface area contributed by atoms with Gasteiger partial charge in [0.25, 0.3) is 5.91 Å². The molecule has 2 N–H and O–H groups in total. The summed E-state index contributed by atoms with van der Waals surface area (Å²) in [7, 11) is 0. The first kappa shape index (κ1) is 4.11. The van der Waals surface area contributed by atoms with Crippen LogP contribution in [0.1, 0.15) is 0 Å². The van der Waals surface area contributed by atoms with Gasteiger partial charge in [-0.3, -0.25) is 20.6 Å². The molecule has 1 heterocycles. The van der Waals surface area contributed by atoms with Crippen molar-refractivity contribution in [3.63, 3.8) is 0 Å². The van der Waals surface area contributed by atoms with Crippen LogP contribution in [-0.4, -0.2) is 18.8 Å². The highest BCUT2D eigenvalue weighted by atomic mass is 16.2. The predicted molar refractivity (Wildman–Crippen MR) is 24.6 cm³/mol. The maximum Gasteiger partial charge on any atom is 0.260 e. The lowest BCUT2D eigenvalue weighted by Crippen LogP contribution is -2.41. The van der Waals surface area contributed by atoms with Crippen molar-refractivity contribution in [1.29, 1.82) is 0 Å². The molecule has 0 spiro atoms. The summed E-state index contributed by atoms with van der Waals surface area (Å²) < 4.78 is 0. The maximum atomic E-state index is 10.2. The van der Waals surface area contributed by atoms with Gasteiger partial charge in [0, 0.05) is 0 Å². The molecule has 4 nitrogen and oxygen atoms in total. The van der Waals surface area contributed by atoms with E-state index in [9.17, 15) is 4.79 Å². The molecule has 1 amide bonds. The van der Waals surface area contributed by atoms with Gasteiger partial charge in [-0.25, -0.2) is 0 Å². The molecule has 0 saturated carbocycles. The van der Waals surface area contributed by atoms with E-state index in [1.165, 1.54) is 6.34 Å². The lowest BCUT2D eigenvalue weighted by molar-refractivity contribution is -0.120. The Balaban J connectivity index is 2.47. The lowest BCUT2D eigenvalue weighted by Gasteiger charge is -2.04. The highest BCUT2D eigenvalue weighted by Crippen LogP contribution is 1.69. The van der Waals surface area contributed by atoms with Crippen LogP contribution in [0.5, 0.6) is 0 Å². The van der Waals surface area contributed by atoms with Crippen LogP contribution in [0.25, 0.3) is 0 Å². The van der Waals surface area contributed by atoms with Gasteiger partial charge in [0.05, 0.1) is 0 Å². The third-order valence-corrected chi connectivity index (χ3v) is 0.602. The Bertz CT molecular complexity index is 109. The van der Waals surface area contributed by atoms with Crippen molar-refractivity contribution in [1.82, 2.24) is 10.9 Å². The van der Waals surface area contributed by atoms with Gasteiger partial charge in [0.15, 0.2) is 0 Å². The molecular formula is C3H5N3O. The van der Waals surface area contributed by atoms with Crippen LogP contribution >= 0.6 is 0 Å². The molecule has 0 aliphatic carbocycles. The first-order valence-corrected chi connectivity index (χ1v) is 1.92. The smallest absolute Gasteiger partial charge is 0.260 e. The number of nitrogens with zero attached hydrogens (tertiary/aromatic N) is 1. The number of carbonyl (C=O) groups is 1. The zero-order valence-electron chi connectivity index (χ0n) is 3.64. The van der Waals surface area contributed by atoms with Crippen molar-refractivity contribution in [2.45, 2.75) is 0 Å². The predicted octanol–water partition coefficient (Wildman–Crippen LogP) is -1.35. The number of nitrogens with one attached hydrogen (secondary N) is 2. The van der Waals surface area contributed by atoms with Crippen LogP contribution in [-0.2, 0) is 4.79 Å². The summed E-state index contributed by atoms with van der Waals surface area (Å²) in [4.78, 5) is 13.8. The Morgan fingerprint density at radius 2 is 2.71 bits per heavy atom. The van der Waals surface area contributed by atoms with Crippen molar-refractivity contribution in [2.75, 3.05) is 6.54 Å². The van der Waals surface area contributed by atoms with Gasteiger partial charge in [-0.15, -0.1) is 0 Å². The van der Waals surface area contributed by atoms with Crippen molar-refractivity contribution in [3.8, 4) is 0 Å². The average molecular weight is 99.1 g/mol. The molecule has 1 aliphatic heterocycles. The molecular weight excluding hydrogens is 94.1 g/mol. The number of hydrazine groups is 1. The van der Waals surface area contributed by atoms with E-state index in [0.29, 0.717) is 0 Å².